The Morgan fingerprint density at radius 1 is 1.06 bits per heavy atom. The van der Waals surface area contributed by atoms with Crippen molar-refractivity contribution < 1.29 is 13.9 Å². The maximum absolute atomic E-state index is 13.6. The molecule has 36 heavy (non-hydrogen) atoms. The number of methoxy groups -OCH3 is 1. The number of benzene rings is 3. The lowest BCUT2D eigenvalue weighted by Gasteiger charge is -2.31. The average molecular weight is 484 g/mol. The molecule has 3 aromatic carbocycles. The molecule has 1 aliphatic rings. The van der Waals surface area contributed by atoms with Gasteiger partial charge in [-0.3, -0.25) is 10.1 Å². The van der Waals surface area contributed by atoms with E-state index in [4.69, 9.17) is 4.74 Å². The van der Waals surface area contributed by atoms with Gasteiger partial charge in [0, 0.05) is 6.08 Å². The topological polar surface area (TPSA) is 81.1 Å². The number of carbonyl (C=O) groups is 1. The van der Waals surface area contributed by atoms with Gasteiger partial charge in [-0.2, -0.15) is 4.98 Å². The van der Waals surface area contributed by atoms with Crippen LogP contribution in [-0.4, -0.2) is 27.8 Å². The smallest absolute Gasteiger partial charge is 0.250 e. The van der Waals surface area contributed by atoms with E-state index in [-0.39, 0.29) is 29.8 Å². The van der Waals surface area contributed by atoms with E-state index in [1.54, 1.807) is 30.0 Å². The quantitative estimate of drug-likeness (QED) is 0.352. The molecule has 2 atom stereocenters. The molecule has 1 aliphatic heterocycles. The number of amides is 1. The molecule has 1 amide bonds. The normalized spacial score (nSPS) is 16.9. The summed E-state index contributed by atoms with van der Waals surface area (Å²) >= 11 is 0. The summed E-state index contributed by atoms with van der Waals surface area (Å²) in [6.45, 7) is 2.05. The fourth-order valence-corrected chi connectivity index (χ4v) is 4.25. The van der Waals surface area contributed by atoms with Crippen molar-refractivity contribution in [3.8, 4) is 5.75 Å². The largest absolute Gasteiger partial charge is 0.497 e. The van der Waals surface area contributed by atoms with Gasteiger partial charge in [0.15, 0.2) is 0 Å². The number of halogens is 1. The van der Waals surface area contributed by atoms with Crippen LogP contribution >= 0.6 is 0 Å². The summed E-state index contributed by atoms with van der Waals surface area (Å²) < 4.78 is 20.5. The lowest BCUT2D eigenvalue weighted by atomic mass is 9.93. The molecular weight excluding hydrogens is 457 g/mol. The summed E-state index contributed by atoms with van der Waals surface area (Å²) in [6.07, 6.45) is 3.83. The maximum atomic E-state index is 13.6. The SMILES string of the molecule is COc1ccc(/C=C/C(=O)Nc2nc3n(n2)[C@@H](c2ccc(F)cc2)C[C@@H](c2ccc(C)cc2)N3)cc1. The molecule has 7 nitrogen and oxygen atoms in total. The average Bonchev–Trinajstić information content (AvgIpc) is 3.30. The summed E-state index contributed by atoms with van der Waals surface area (Å²) in [5.74, 6) is 0.839. The zero-order valence-electron chi connectivity index (χ0n) is 20.0. The van der Waals surface area contributed by atoms with Crippen LogP contribution in [-0.2, 0) is 4.79 Å². The molecule has 0 spiro atoms. The van der Waals surface area contributed by atoms with E-state index in [9.17, 15) is 9.18 Å². The zero-order valence-corrected chi connectivity index (χ0v) is 20.0. The molecule has 1 aromatic heterocycles. The Kier molecular flexibility index (Phi) is 6.49. The van der Waals surface area contributed by atoms with Gasteiger partial charge in [-0.25, -0.2) is 9.07 Å². The highest BCUT2D eigenvalue weighted by molar-refractivity contribution is 6.00. The van der Waals surface area contributed by atoms with Gasteiger partial charge < -0.3 is 10.1 Å². The summed E-state index contributed by atoms with van der Waals surface area (Å²) in [6, 6.07) is 21.9. The van der Waals surface area contributed by atoms with E-state index in [0.29, 0.717) is 12.4 Å². The minimum atomic E-state index is -0.345. The van der Waals surface area contributed by atoms with Gasteiger partial charge in [0.25, 0.3) is 11.9 Å². The number of aryl methyl sites for hydroxylation is 1. The van der Waals surface area contributed by atoms with E-state index in [0.717, 1.165) is 22.4 Å². The van der Waals surface area contributed by atoms with Gasteiger partial charge in [-0.15, -0.1) is 5.10 Å². The van der Waals surface area contributed by atoms with Gasteiger partial charge in [-0.1, -0.05) is 54.1 Å². The van der Waals surface area contributed by atoms with Gasteiger partial charge in [-0.05, 0) is 60.4 Å². The number of aromatic nitrogens is 3. The Labute approximate surface area is 208 Å². The molecule has 182 valence electrons. The van der Waals surface area contributed by atoms with Crippen LogP contribution in [0.2, 0.25) is 0 Å². The summed E-state index contributed by atoms with van der Waals surface area (Å²) in [7, 11) is 1.61. The molecule has 0 radical (unpaired) electrons. The van der Waals surface area contributed by atoms with Crippen molar-refractivity contribution in [3.63, 3.8) is 0 Å². The number of nitrogens with zero attached hydrogens (tertiary/aromatic N) is 3. The second kappa shape index (κ2) is 10.0. The lowest BCUT2D eigenvalue weighted by Crippen LogP contribution is -2.28. The highest BCUT2D eigenvalue weighted by Crippen LogP contribution is 2.38. The van der Waals surface area contributed by atoms with Crippen molar-refractivity contribution in [2.75, 3.05) is 17.7 Å². The fraction of sp³-hybridized carbons (Fsp3) is 0.179. The Hall–Kier alpha value is -4.46. The van der Waals surface area contributed by atoms with Gasteiger partial charge in [0.05, 0.1) is 19.2 Å². The first-order valence-corrected chi connectivity index (χ1v) is 11.7. The monoisotopic (exact) mass is 483 g/mol. The van der Waals surface area contributed by atoms with Gasteiger partial charge in [0.2, 0.25) is 5.95 Å². The standard InChI is InChI=1S/C28H26FN5O2/c1-18-3-8-20(9-4-18)24-17-25(21-10-12-22(29)13-11-21)34-28(30-24)32-27(33-34)31-26(35)16-7-19-5-14-23(36-2)15-6-19/h3-16,24-25H,17H2,1-2H3,(H2,30,31,32,33,35)/b16-7+/t24-,25+/m0/s1. The van der Waals surface area contributed by atoms with Gasteiger partial charge in [0.1, 0.15) is 11.6 Å². The molecule has 0 bridgehead atoms. The van der Waals surface area contributed by atoms with Crippen molar-refractivity contribution in [2.24, 2.45) is 0 Å². The highest BCUT2D eigenvalue weighted by Gasteiger charge is 2.31. The minimum absolute atomic E-state index is 0.0177. The second-order valence-corrected chi connectivity index (χ2v) is 8.71. The number of nitrogens with one attached hydrogen (secondary N) is 2. The van der Waals surface area contributed by atoms with E-state index >= 15 is 0 Å². The Morgan fingerprint density at radius 2 is 1.75 bits per heavy atom. The van der Waals surface area contributed by atoms with Crippen LogP contribution in [0.25, 0.3) is 6.08 Å². The minimum Gasteiger partial charge on any atom is -0.497 e. The molecule has 0 unspecified atom stereocenters. The van der Waals surface area contributed by atoms with Crippen LogP contribution in [0.3, 0.4) is 0 Å². The van der Waals surface area contributed by atoms with Crippen LogP contribution in [0, 0.1) is 12.7 Å². The molecule has 0 saturated carbocycles. The van der Waals surface area contributed by atoms with Crippen LogP contribution in [0.15, 0.2) is 78.9 Å². The number of carbonyl (C=O) groups excluding carboxylic acids is 1. The van der Waals surface area contributed by atoms with Crippen LogP contribution in [0.1, 0.15) is 40.8 Å². The van der Waals surface area contributed by atoms with Crippen LogP contribution in [0.4, 0.5) is 16.3 Å². The summed E-state index contributed by atoms with van der Waals surface area (Å²) in [5.41, 5.74) is 4.08. The van der Waals surface area contributed by atoms with Crippen molar-refractivity contribution in [1.29, 1.82) is 0 Å². The first-order valence-electron chi connectivity index (χ1n) is 11.7. The Bertz CT molecular complexity index is 1380. The molecule has 0 saturated heterocycles. The number of ether oxygens (including phenoxy) is 1. The predicted molar refractivity (Wildman–Crippen MR) is 137 cm³/mol. The molecular formula is C28H26FN5O2. The summed E-state index contributed by atoms with van der Waals surface area (Å²) in [4.78, 5) is 17.1. The lowest BCUT2D eigenvalue weighted by molar-refractivity contribution is -0.111. The molecule has 0 fully saturated rings. The van der Waals surface area contributed by atoms with Crippen molar-refractivity contribution in [2.45, 2.75) is 25.4 Å². The third kappa shape index (κ3) is 5.12. The molecule has 0 aliphatic carbocycles. The fourth-order valence-electron chi connectivity index (χ4n) is 4.25. The van der Waals surface area contributed by atoms with Crippen molar-refractivity contribution in [1.82, 2.24) is 14.8 Å². The van der Waals surface area contributed by atoms with Crippen molar-refractivity contribution >= 4 is 23.9 Å². The number of anilines is 2. The Balaban J connectivity index is 1.39. The number of hydrogen-bond donors (Lipinski definition) is 2. The van der Waals surface area contributed by atoms with E-state index in [1.807, 2.05) is 31.2 Å². The van der Waals surface area contributed by atoms with E-state index < -0.39 is 0 Å². The van der Waals surface area contributed by atoms with Crippen molar-refractivity contribution in [3.05, 3.63) is 107 Å². The third-order valence-corrected chi connectivity index (χ3v) is 6.20. The zero-order chi connectivity index (χ0) is 25.1. The van der Waals surface area contributed by atoms with E-state index in [2.05, 4.69) is 45.0 Å². The molecule has 5 rings (SSSR count). The molecule has 2 N–H and O–H groups in total. The number of fused-ring (bicyclic) bond motifs is 1. The number of hydrogen-bond acceptors (Lipinski definition) is 5. The first-order chi connectivity index (χ1) is 17.5. The second-order valence-electron chi connectivity index (χ2n) is 8.71. The number of rotatable bonds is 6. The van der Waals surface area contributed by atoms with E-state index in [1.165, 1.54) is 23.8 Å². The highest BCUT2D eigenvalue weighted by atomic mass is 19.1. The molecule has 8 heteroatoms. The third-order valence-electron chi connectivity index (χ3n) is 6.20. The molecule has 4 aromatic rings. The Morgan fingerprint density at radius 3 is 2.44 bits per heavy atom. The van der Waals surface area contributed by atoms with Crippen LogP contribution in [0.5, 0.6) is 5.75 Å². The summed E-state index contributed by atoms with van der Waals surface area (Å²) in [5, 5.41) is 10.7. The van der Waals surface area contributed by atoms with Gasteiger partial charge >= 0.3 is 0 Å². The van der Waals surface area contributed by atoms with Crippen LogP contribution < -0.4 is 15.4 Å². The first kappa shape index (κ1) is 23.3. The molecule has 2 heterocycles. The maximum Gasteiger partial charge on any atom is 0.250 e. The predicted octanol–water partition coefficient (Wildman–Crippen LogP) is 5.53.